The Bertz CT molecular complexity index is 1190. The summed E-state index contributed by atoms with van der Waals surface area (Å²) in [5.41, 5.74) is 6.79. The number of fused-ring (bicyclic) bond motifs is 4. The van der Waals surface area contributed by atoms with Crippen molar-refractivity contribution in [1.82, 2.24) is 9.97 Å². The molecule has 2 heterocycles. The lowest BCUT2D eigenvalue weighted by atomic mass is 10.1. The Labute approximate surface area is 142 Å². The second-order valence-corrected chi connectivity index (χ2v) is 5.91. The van der Waals surface area contributed by atoms with Crippen LogP contribution in [0.25, 0.3) is 22.1 Å². The van der Waals surface area contributed by atoms with Gasteiger partial charge >= 0.3 is 5.97 Å². The zero-order valence-electron chi connectivity index (χ0n) is 12.9. The molecule has 1 aromatic heterocycles. The summed E-state index contributed by atoms with van der Waals surface area (Å²) >= 11 is 0. The second-order valence-electron chi connectivity index (χ2n) is 5.91. The molecule has 1 aliphatic rings. The third-order valence-electron chi connectivity index (χ3n) is 4.28. The van der Waals surface area contributed by atoms with E-state index in [2.05, 4.69) is 20.6 Å². The highest BCUT2D eigenvalue weighted by Gasteiger charge is 2.17. The number of nitrogens with zero attached hydrogens (tertiary/aromatic N) is 2. The highest BCUT2D eigenvalue weighted by atomic mass is 16.4. The van der Waals surface area contributed by atoms with Gasteiger partial charge in [0, 0.05) is 0 Å². The molecule has 6 nitrogen and oxygen atoms in total. The summed E-state index contributed by atoms with van der Waals surface area (Å²) in [4.78, 5) is 20.5. The minimum absolute atomic E-state index is 0.239. The van der Waals surface area contributed by atoms with E-state index in [9.17, 15) is 4.79 Å². The van der Waals surface area contributed by atoms with Gasteiger partial charge in [-0.2, -0.15) is 0 Å². The summed E-state index contributed by atoms with van der Waals surface area (Å²) in [6.07, 6.45) is 0. The molecule has 0 spiro atoms. The number of aromatic nitrogens is 2. The maximum Gasteiger partial charge on any atom is 0.335 e. The fraction of sp³-hybridized carbons (Fsp3) is 0. The summed E-state index contributed by atoms with van der Waals surface area (Å²) in [6.45, 7) is 0. The molecule has 25 heavy (non-hydrogen) atoms. The van der Waals surface area contributed by atoms with Crippen LogP contribution in [0.5, 0.6) is 0 Å². The molecule has 1 aliphatic heterocycles. The molecule has 0 unspecified atom stereocenters. The monoisotopic (exact) mass is 328 g/mol. The topological polar surface area (TPSA) is 87.1 Å². The summed E-state index contributed by atoms with van der Waals surface area (Å²) in [5.74, 6) is -0.953. The number of benzene rings is 3. The van der Waals surface area contributed by atoms with E-state index in [1.807, 2.05) is 36.4 Å². The Morgan fingerprint density at radius 1 is 0.720 bits per heavy atom. The summed E-state index contributed by atoms with van der Waals surface area (Å²) < 4.78 is 0. The van der Waals surface area contributed by atoms with Crippen molar-refractivity contribution in [2.24, 2.45) is 0 Å². The Balaban J connectivity index is 1.66. The first-order valence-corrected chi connectivity index (χ1v) is 7.79. The van der Waals surface area contributed by atoms with E-state index in [0.717, 1.165) is 44.8 Å². The molecule has 3 aromatic carbocycles. The Morgan fingerprint density at radius 3 is 1.88 bits per heavy atom. The smallest absolute Gasteiger partial charge is 0.335 e. The van der Waals surface area contributed by atoms with Crippen LogP contribution in [0.3, 0.4) is 0 Å². The van der Waals surface area contributed by atoms with Gasteiger partial charge in [0.15, 0.2) is 0 Å². The minimum atomic E-state index is -0.953. The lowest BCUT2D eigenvalue weighted by Gasteiger charge is -2.23. The van der Waals surface area contributed by atoms with Gasteiger partial charge in [-0.3, -0.25) is 0 Å². The number of hydrogen-bond donors (Lipinski definition) is 3. The lowest BCUT2D eigenvalue weighted by Crippen LogP contribution is -2.08. The van der Waals surface area contributed by atoms with Crippen LogP contribution < -0.4 is 10.6 Å². The molecule has 3 N–H and O–H groups in total. The highest BCUT2D eigenvalue weighted by Crippen LogP contribution is 2.40. The number of carboxylic acids is 1. The number of carbonyl (C=O) groups is 1. The molecule has 0 bridgehead atoms. The SMILES string of the molecule is O=C(O)c1ccc2c(c1)Nc1cc3nc4ccccc4nc3cc1N2. The average molecular weight is 328 g/mol. The van der Waals surface area contributed by atoms with Crippen molar-refractivity contribution in [3.05, 3.63) is 60.2 Å². The number of rotatable bonds is 1. The van der Waals surface area contributed by atoms with Crippen LogP contribution in [0.4, 0.5) is 22.7 Å². The Kier molecular flexibility index (Phi) is 2.70. The molecular formula is C19H12N4O2. The Hall–Kier alpha value is -3.67. The first kappa shape index (κ1) is 13.7. The van der Waals surface area contributed by atoms with Crippen LogP contribution in [0.1, 0.15) is 10.4 Å². The van der Waals surface area contributed by atoms with Gasteiger partial charge in [-0.1, -0.05) is 12.1 Å². The first-order valence-electron chi connectivity index (χ1n) is 7.79. The molecule has 0 amide bonds. The van der Waals surface area contributed by atoms with Crippen molar-refractivity contribution in [1.29, 1.82) is 0 Å². The number of aromatic carboxylic acids is 1. The Morgan fingerprint density at radius 2 is 1.28 bits per heavy atom. The predicted molar refractivity (Wildman–Crippen MR) is 97.0 cm³/mol. The predicted octanol–water partition coefficient (Wildman–Crippen LogP) is 4.28. The normalized spacial score (nSPS) is 12.2. The van der Waals surface area contributed by atoms with Gasteiger partial charge in [-0.25, -0.2) is 14.8 Å². The van der Waals surface area contributed by atoms with E-state index < -0.39 is 5.97 Å². The van der Waals surface area contributed by atoms with Crippen LogP contribution >= 0.6 is 0 Å². The summed E-state index contributed by atoms with van der Waals surface area (Å²) in [6, 6.07) is 16.6. The van der Waals surface area contributed by atoms with Gasteiger partial charge in [-0.05, 0) is 42.5 Å². The molecule has 0 atom stereocenters. The number of nitrogens with one attached hydrogen (secondary N) is 2. The minimum Gasteiger partial charge on any atom is -0.478 e. The van der Waals surface area contributed by atoms with E-state index in [1.54, 1.807) is 18.2 Å². The van der Waals surface area contributed by atoms with Crippen molar-refractivity contribution in [2.75, 3.05) is 10.6 Å². The number of anilines is 4. The van der Waals surface area contributed by atoms with E-state index in [-0.39, 0.29) is 5.56 Å². The lowest BCUT2D eigenvalue weighted by molar-refractivity contribution is 0.0697. The van der Waals surface area contributed by atoms with Crippen LogP contribution in [0.15, 0.2) is 54.6 Å². The summed E-state index contributed by atoms with van der Waals surface area (Å²) in [7, 11) is 0. The third kappa shape index (κ3) is 2.15. The van der Waals surface area contributed by atoms with Crippen molar-refractivity contribution in [2.45, 2.75) is 0 Å². The first-order chi connectivity index (χ1) is 12.2. The van der Waals surface area contributed by atoms with Crippen LogP contribution in [0, 0.1) is 0 Å². The molecule has 5 rings (SSSR count). The van der Waals surface area contributed by atoms with Crippen molar-refractivity contribution >= 4 is 50.8 Å². The van der Waals surface area contributed by atoms with Crippen LogP contribution in [-0.4, -0.2) is 21.0 Å². The summed E-state index contributed by atoms with van der Waals surface area (Å²) in [5, 5.41) is 15.8. The standard InChI is InChI=1S/C19H12N4O2/c24-19(25)10-5-6-13-14(7-10)23-18-9-16-15(8-17(18)22-13)20-11-3-1-2-4-12(11)21-16/h1-9,22-23H,(H,24,25). The molecule has 4 aromatic rings. The molecular weight excluding hydrogens is 316 g/mol. The van der Waals surface area contributed by atoms with Crippen molar-refractivity contribution in [3.63, 3.8) is 0 Å². The van der Waals surface area contributed by atoms with Gasteiger partial charge in [0.25, 0.3) is 0 Å². The molecule has 0 fully saturated rings. The van der Waals surface area contributed by atoms with Gasteiger partial charge in [-0.15, -0.1) is 0 Å². The fourth-order valence-corrected chi connectivity index (χ4v) is 3.06. The number of para-hydroxylation sites is 2. The van der Waals surface area contributed by atoms with Gasteiger partial charge in [0.2, 0.25) is 0 Å². The third-order valence-corrected chi connectivity index (χ3v) is 4.28. The molecule has 120 valence electrons. The quantitative estimate of drug-likeness (QED) is 0.398. The fourth-order valence-electron chi connectivity index (χ4n) is 3.06. The molecule has 0 aliphatic carbocycles. The van der Waals surface area contributed by atoms with Gasteiger partial charge < -0.3 is 15.7 Å². The van der Waals surface area contributed by atoms with Crippen molar-refractivity contribution < 1.29 is 9.90 Å². The number of carboxylic acid groups (broad SMARTS) is 1. The second kappa shape index (κ2) is 4.91. The molecule has 0 saturated carbocycles. The number of hydrogen-bond acceptors (Lipinski definition) is 5. The average Bonchev–Trinajstić information content (AvgIpc) is 2.62. The van der Waals surface area contributed by atoms with Gasteiger partial charge in [0.1, 0.15) is 0 Å². The zero-order chi connectivity index (χ0) is 17.0. The largest absolute Gasteiger partial charge is 0.478 e. The van der Waals surface area contributed by atoms with E-state index in [1.165, 1.54) is 0 Å². The zero-order valence-corrected chi connectivity index (χ0v) is 12.9. The maximum absolute atomic E-state index is 11.2. The van der Waals surface area contributed by atoms with Gasteiger partial charge in [0.05, 0.1) is 50.4 Å². The highest BCUT2D eigenvalue weighted by molar-refractivity contribution is 6.00. The molecule has 6 heteroatoms. The van der Waals surface area contributed by atoms with E-state index >= 15 is 0 Å². The van der Waals surface area contributed by atoms with E-state index in [0.29, 0.717) is 0 Å². The molecule has 0 radical (unpaired) electrons. The maximum atomic E-state index is 11.2. The van der Waals surface area contributed by atoms with E-state index in [4.69, 9.17) is 5.11 Å². The van der Waals surface area contributed by atoms with Crippen LogP contribution in [0.2, 0.25) is 0 Å². The van der Waals surface area contributed by atoms with Crippen molar-refractivity contribution in [3.8, 4) is 0 Å². The molecule has 0 saturated heterocycles. The van der Waals surface area contributed by atoms with Crippen LogP contribution in [-0.2, 0) is 0 Å².